The van der Waals surface area contributed by atoms with Crippen molar-refractivity contribution >= 4 is 27.5 Å². The van der Waals surface area contributed by atoms with Gasteiger partial charge in [0.05, 0.1) is 6.61 Å². The Labute approximate surface area is 277 Å². The Morgan fingerprint density at radius 2 is 1.67 bits per heavy atom. The van der Waals surface area contributed by atoms with Crippen LogP contribution in [0.5, 0.6) is 11.8 Å². The number of phenolic OH excluding ortho intramolecular Hbond substituents is 1. The number of hydrogen-bond acceptors (Lipinski definition) is 8. The topological polar surface area (TPSA) is 99.8 Å². The minimum atomic E-state index is -1.10. The maximum absolute atomic E-state index is 16.8. The van der Waals surface area contributed by atoms with Crippen LogP contribution in [0.25, 0.3) is 32.8 Å². The van der Waals surface area contributed by atoms with Crippen LogP contribution in [0.3, 0.4) is 0 Å². The smallest absolute Gasteiger partial charge is 0.319 e. The van der Waals surface area contributed by atoms with E-state index in [-0.39, 0.29) is 44.6 Å². The number of benzene rings is 3. The van der Waals surface area contributed by atoms with E-state index in [9.17, 15) is 9.50 Å². The molecule has 2 atom stereocenters. The van der Waals surface area contributed by atoms with Gasteiger partial charge in [-0.15, -0.1) is 0 Å². The summed E-state index contributed by atoms with van der Waals surface area (Å²) in [6, 6.07) is 9.39. The molecule has 2 aliphatic carbocycles. The van der Waals surface area contributed by atoms with Crippen LogP contribution in [0, 0.1) is 28.3 Å². The van der Waals surface area contributed by atoms with Crippen LogP contribution >= 0.6 is 0 Å². The maximum atomic E-state index is 16.8. The van der Waals surface area contributed by atoms with Crippen molar-refractivity contribution < 1.29 is 23.0 Å². The van der Waals surface area contributed by atoms with E-state index in [1.165, 1.54) is 31.0 Å². The second-order valence-corrected chi connectivity index (χ2v) is 15.4. The number of likely N-dealkylation sites (tertiary alicyclic amines) is 1. The van der Waals surface area contributed by atoms with E-state index in [2.05, 4.69) is 20.1 Å². The highest BCUT2D eigenvalue weighted by Gasteiger charge is 2.48. The first-order valence-electron chi connectivity index (χ1n) is 17.4. The Morgan fingerprint density at radius 1 is 0.917 bits per heavy atom. The highest BCUT2D eigenvalue weighted by molar-refractivity contribution is 6.01. The van der Waals surface area contributed by atoms with Gasteiger partial charge in [0.2, 0.25) is 0 Å². The van der Waals surface area contributed by atoms with Gasteiger partial charge in [0, 0.05) is 59.5 Å². The average Bonchev–Trinajstić information content (AvgIpc) is 3.75. The second-order valence-electron chi connectivity index (χ2n) is 15.4. The molecule has 2 unspecified atom stereocenters. The minimum Gasteiger partial charge on any atom is -0.508 e. The molecule has 2 bridgehead atoms. The molecule has 3 aliphatic heterocycles. The van der Waals surface area contributed by atoms with Gasteiger partial charge < -0.3 is 30.7 Å². The summed E-state index contributed by atoms with van der Waals surface area (Å²) in [6.07, 6.45) is 8.98. The van der Waals surface area contributed by atoms with E-state index in [4.69, 9.17) is 15.5 Å². The number of fused-ring (bicyclic) bond motifs is 4. The fourth-order valence-corrected chi connectivity index (χ4v) is 9.07. The molecule has 5 aliphatic rings. The lowest BCUT2D eigenvalue weighted by Gasteiger charge is -2.51. The number of rotatable bonds is 7. The number of ether oxygens (including phenoxy) is 1. The number of nitrogens with zero attached hydrogens (tertiary/aromatic N) is 4. The summed E-state index contributed by atoms with van der Waals surface area (Å²) < 4.78 is 52.7. The molecule has 0 amide bonds. The second kappa shape index (κ2) is 11.2. The Balaban J connectivity index is 1.05. The third-order valence-corrected chi connectivity index (χ3v) is 11.9. The van der Waals surface area contributed by atoms with E-state index >= 15 is 8.78 Å². The summed E-state index contributed by atoms with van der Waals surface area (Å²) in [6.45, 7) is 5.04. The third-order valence-electron chi connectivity index (χ3n) is 11.9. The van der Waals surface area contributed by atoms with E-state index in [1.54, 1.807) is 12.1 Å². The molecule has 3 aromatic carbocycles. The van der Waals surface area contributed by atoms with E-state index in [1.807, 2.05) is 0 Å². The molecule has 5 fully saturated rings. The molecule has 11 heteroatoms. The maximum Gasteiger partial charge on any atom is 0.319 e. The lowest BCUT2D eigenvalue weighted by Crippen LogP contribution is -2.52. The number of nitrogens with one attached hydrogen (secondary N) is 1. The van der Waals surface area contributed by atoms with E-state index in [0.29, 0.717) is 41.4 Å². The first kappa shape index (κ1) is 30.4. The number of nitrogens with two attached hydrogens (primary N) is 1. The molecule has 2 saturated carbocycles. The third kappa shape index (κ3) is 5.25. The largest absolute Gasteiger partial charge is 0.508 e. The molecular weight excluding hydrogens is 617 g/mol. The molecular formula is C37H41F3N6O2. The molecule has 3 saturated heterocycles. The highest BCUT2D eigenvalue weighted by Crippen LogP contribution is 2.51. The van der Waals surface area contributed by atoms with Crippen LogP contribution in [-0.4, -0.2) is 77.4 Å². The van der Waals surface area contributed by atoms with Crippen LogP contribution < -0.4 is 20.7 Å². The molecule has 9 rings (SSSR count). The monoisotopic (exact) mass is 658 g/mol. The first-order valence-corrected chi connectivity index (χ1v) is 17.4. The molecule has 1 spiro atoms. The number of phenols is 1. The predicted octanol–water partition coefficient (Wildman–Crippen LogP) is 5.88. The van der Waals surface area contributed by atoms with E-state index in [0.717, 1.165) is 77.3 Å². The molecule has 4 heterocycles. The normalized spacial score (nSPS) is 24.8. The summed E-state index contributed by atoms with van der Waals surface area (Å²) in [5, 5.41) is 14.8. The fraction of sp³-hybridized carbons (Fsp3) is 0.514. The lowest BCUT2D eigenvalue weighted by atomic mass is 9.60. The van der Waals surface area contributed by atoms with Crippen molar-refractivity contribution in [2.45, 2.75) is 69.5 Å². The zero-order valence-electron chi connectivity index (χ0n) is 27.0. The summed E-state index contributed by atoms with van der Waals surface area (Å²) in [4.78, 5) is 14.3. The van der Waals surface area contributed by atoms with Crippen molar-refractivity contribution in [1.82, 2.24) is 20.2 Å². The van der Waals surface area contributed by atoms with Gasteiger partial charge in [-0.2, -0.15) is 9.97 Å². The number of hydrogen-bond donors (Lipinski definition) is 3. The van der Waals surface area contributed by atoms with Gasteiger partial charge in [0.15, 0.2) is 17.5 Å². The summed E-state index contributed by atoms with van der Waals surface area (Å²) in [7, 11) is 0. The van der Waals surface area contributed by atoms with Crippen LogP contribution in [0.2, 0.25) is 0 Å². The van der Waals surface area contributed by atoms with Crippen molar-refractivity contribution in [1.29, 1.82) is 0 Å². The number of aromatic nitrogens is 2. The number of halogens is 3. The molecule has 4 N–H and O–H groups in total. The molecule has 1 aromatic heterocycles. The molecule has 48 heavy (non-hydrogen) atoms. The lowest BCUT2D eigenvalue weighted by molar-refractivity contribution is 0.00831. The van der Waals surface area contributed by atoms with Gasteiger partial charge in [-0.3, -0.25) is 0 Å². The number of aromatic hydroxyl groups is 1. The molecule has 8 nitrogen and oxygen atoms in total. The average molecular weight is 659 g/mol. The number of piperazine rings is 1. The van der Waals surface area contributed by atoms with Crippen LogP contribution in [-0.2, 0) is 0 Å². The van der Waals surface area contributed by atoms with Crippen LogP contribution in [0.1, 0.15) is 51.4 Å². The summed E-state index contributed by atoms with van der Waals surface area (Å²) in [5.74, 6) is -2.41. The van der Waals surface area contributed by atoms with E-state index < -0.39 is 17.5 Å². The zero-order valence-corrected chi connectivity index (χ0v) is 27.0. The number of anilines is 1. The fourth-order valence-electron chi connectivity index (χ4n) is 9.07. The Morgan fingerprint density at radius 3 is 2.38 bits per heavy atom. The predicted molar refractivity (Wildman–Crippen MR) is 179 cm³/mol. The summed E-state index contributed by atoms with van der Waals surface area (Å²) in [5.41, 5.74) is 6.70. The Hall–Kier alpha value is -3.67. The number of piperidine rings is 1. The van der Waals surface area contributed by atoms with Gasteiger partial charge in [-0.1, -0.05) is 12.1 Å². The van der Waals surface area contributed by atoms with Gasteiger partial charge in [-0.05, 0) is 105 Å². The quantitative estimate of drug-likeness (QED) is 0.227. The van der Waals surface area contributed by atoms with Crippen LogP contribution in [0.4, 0.5) is 19.0 Å². The Kier molecular flexibility index (Phi) is 7.08. The minimum absolute atomic E-state index is 0.0119. The van der Waals surface area contributed by atoms with Gasteiger partial charge in [0.1, 0.15) is 17.1 Å². The van der Waals surface area contributed by atoms with Crippen molar-refractivity contribution in [3.8, 4) is 22.9 Å². The van der Waals surface area contributed by atoms with Gasteiger partial charge >= 0.3 is 6.01 Å². The van der Waals surface area contributed by atoms with Crippen molar-refractivity contribution in [2.75, 3.05) is 44.2 Å². The van der Waals surface area contributed by atoms with Gasteiger partial charge in [0.25, 0.3) is 0 Å². The van der Waals surface area contributed by atoms with Crippen molar-refractivity contribution in [2.24, 2.45) is 16.6 Å². The van der Waals surface area contributed by atoms with Crippen LogP contribution in [0.15, 0.2) is 36.4 Å². The summed E-state index contributed by atoms with van der Waals surface area (Å²) >= 11 is 0. The Bertz CT molecular complexity index is 1910. The molecule has 4 aromatic rings. The standard InChI is InChI=1S/C37H41F3N6O2/c38-29-6-1-21-13-25(47)14-28(30(21)32(29)40)26-4-5-27-33(31(26)39)43-35(44-34(27)46-17-23-2-3-24(18-46)42-23)48-20-37(7-8-37)19-45-11-9-36(10-12-45)15-22(41)16-36/h1,4-6,13-14,22-24,42,47H,2-3,7-12,15-20,41H2. The molecule has 252 valence electrons. The highest BCUT2D eigenvalue weighted by atomic mass is 19.2. The first-order chi connectivity index (χ1) is 23.2. The van der Waals surface area contributed by atoms with Crippen molar-refractivity contribution in [3.05, 3.63) is 53.8 Å². The SMILES string of the molecule is NC1CC2(CCN(CC3(COc4nc(N5CC6CCC(C5)N6)c5ccc(-c6cc(O)cc7ccc(F)c(F)c67)c(F)c5n4)CC3)CC2)C1. The van der Waals surface area contributed by atoms with Gasteiger partial charge in [-0.25, -0.2) is 13.2 Å². The molecule has 0 radical (unpaired) electrons. The van der Waals surface area contributed by atoms with Crippen molar-refractivity contribution in [3.63, 3.8) is 0 Å². The zero-order chi connectivity index (χ0) is 32.8.